The quantitative estimate of drug-likeness (QED) is 0.867. The van der Waals surface area contributed by atoms with Gasteiger partial charge in [-0.1, -0.05) is 6.92 Å². The number of aliphatic carboxylic acids is 1. The second-order valence-corrected chi connectivity index (χ2v) is 6.88. The molecule has 2 fully saturated rings. The maximum atomic E-state index is 12.9. The van der Waals surface area contributed by atoms with E-state index in [1.54, 1.807) is 4.90 Å². The smallest absolute Gasteiger partial charge is 0.393 e. The summed E-state index contributed by atoms with van der Waals surface area (Å²) in [7, 11) is 0. The lowest BCUT2D eigenvalue weighted by Gasteiger charge is -2.42. The van der Waals surface area contributed by atoms with Crippen molar-refractivity contribution >= 4 is 5.97 Å². The van der Waals surface area contributed by atoms with Gasteiger partial charge in [0.15, 0.2) is 0 Å². The first-order valence-electron chi connectivity index (χ1n) is 7.75. The van der Waals surface area contributed by atoms with Gasteiger partial charge in [-0.2, -0.15) is 13.2 Å². The molecule has 3 nitrogen and oxygen atoms in total. The molecule has 0 aromatic rings. The van der Waals surface area contributed by atoms with Gasteiger partial charge >= 0.3 is 12.1 Å². The molecule has 0 aromatic heterocycles. The van der Waals surface area contributed by atoms with Crippen molar-refractivity contribution in [2.75, 3.05) is 19.6 Å². The minimum Gasteiger partial charge on any atom is -0.481 e. The first-order chi connectivity index (χ1) is 9.73. The lowest BCUT2D eigenvalue weighted by atomic mass is 9.70. The third-order valence-electron chi connectivity index (χ3n) is 5.18. The Morgan fingerprint density at radius 1 is 1.29 bits per heavy atom. The van der Waals surface area contributed by atoms with E-state index in [1.807, 2.05) is 0 Å². The summed E-state index contributed by atoms with van der Waals surface area (Å²) in [5.41, 5.74) is -0.847. The lowest BCUT2D eigenvalue weighted by molar-refractivity contribution is -0.188. The van der Waals surface area contributed by atoms with Gasteiger partial charge in [0.25, 0.3) is 0 Å². The number of alkyl halides is 3. The summed E-state index contributed by atoms with van der Waals surface area (Å²) in [4.78, 5) is 13.4. The fourth-order valence-corrected chi connectivity index (χ4v) is 3.65. The Morgan fingerprint density at radius 2 is 1.90 bits per heavy atom. The Bertz CT molecular complexity index is 376. The molecule has 0 bridgehead atoms. The van der Waals surface area contributed by atoms with Crippen LogP contribution in [0.2, 0.25) is 0 Å². The summed E-state index contributed by atoms with van der Waals surface area (Å²) in [6.07, 6.45) is -0.650. The van der Waals surface area contributed by atoms with E-state index < -0.39 is 23.5 Å². The van der Waals surface area contributed by atoms with Crippen molar-refractivity contribution in [3.63, 3.8) is 0 Å². The number of likely N-dealkylation sites (tertiary alicyclic amines) is 1. The Labute approximate surface area is 123 Å². The van der Waals surface area contributed by atoms with Gasteiger partial charge in [-0.25, -0.2) is 0 Å². The largest absolute Gasteiger partial charge is 0.481 e. The van der Waals surface area contributed by atoms with Crippen molar-refractivity contribution in [2.45, 2.75) is 51.6 Å². The molecule has 1 aliphatic carbocycles. The molecule has 2 aliphatic rings. The van der Waals surface area contributed by atoms with Crippen LogP contribution in [0.15, 0.2) is 0 Å². The van der Waals surface area contributed by atoms with Crippen LogP contribution in [0.25, 0.3) is 0 Å². The highest BCUT2D eigenvalue weighted by atomic mass is 19.4. The van der Waals surface area contributed by atoms with E-state index in [-0.39, 0.29) is 19.5 Å². The van der Waals surface area contributed by atoms with Crippen molar-refractivity contribution in [1.29, 1.82) is 0 Å². The molecule has 1 atom stereocenters. The maximum Gasteiger partial charge on any atom is 0.393 e. The monoisotopic (exact) mass is 307 g/mol. The zero-order valence-corrected chi connectivity index (χ0v) is 12.5. The molecule has 122 valence electrons. The molecule has 6 heteroatoms. The van der Waals surface area contributed by atoms with E-state index in [9.17, 15) is 23.1 Å². The topological polar surface area (TPSA) is 40.5 Å². The van der Waals surface area contributed by atoms with Crippen LogP contribution in [0.4, 0.5) is 13.2 Å². The Morgan fingerprint density at radius 3 is 2.43 bits per heavy atom. The molecule has 21 heavy (non-hydrogen) atoms. The van der Waals surface area contributed by atoms with Crippen molar-refractivity contribution in [3.8, 4) is 0 Å². The number of piperidine rings is 1. The van der Waals surface area contributed by atoms with Crippen molar-refractivity contribution < 1.29 is 23.1 Å². The van der Waals surface area contributed by atoms with Gasteiger partial charge < -0.3 is 10.0 Å². The molecule has 0 radical (unpaired) electrons. The van der Waals surface area contributed by atoms with Gasteiger partial charge in [0.05, 0.1) is 11.3 Å². The summed E-state index contributed by atoms with van der Waals surface area (Å²) in [5.74, 6) is -1.63. The van der Waals surface area contributed by atoms with Crippen molar-refractivity contribution in [1.82, 2.24) is 4.90 Å². The van der Waals surface area contributed by atoms with E-state index in [2.05, 4.69) is 6.92 Å². The minimum absolute atomic E-state index is 0.0475. The summed E-state index contributed by atoms with van der Waals surface area (Å²) >= 11 is 0. The highest BCUT2D eigenvalue weighted by Crippen LogP contribution is 2.41. The summed E-state index contributed by atoms with van der Waals surface area (Å²) < 4.78 is 38.6. The second kappa shape index (κ2) is 6.15. The summed E-state index contributed by atoms with van der Waals surface area (Å²) in [6, 6.07) is 0. The fourth-order valence-electron chi connectivity index (χ4n) is 3.65. The predicted molar refractivity (Wildman–Crippen MR) is 72.9 cm³/mol. The van der Waals surface area contributed by atoms with Crippen LogP contribution >= 0.6 is 0 Å². The highest BCUT2D eigenvalue weighted by molar-refractivity contribution is 5.75. The van der Waals surface area contributed by atoms with Crippen LogP contribution in [-0.4, -0.2) is 41.8 Å². The fraction of sp³-hybridized carbons (Fsp3) is 0.933. The Balaban J connectivity index is 2.02. The van der Waals surface area contributed by atoms with E-state index in [0.29, 0.717) is 31.7 Å². The van der Waals surface area contributed by atoms with Crippen LogP contribution in [-0.2, 0) is 4.79 Å². The average molecular weight is 307 g/mol. The van der Waals surface area contributed by atoms with Crippen LogP contribution < -0.4 is 0 Å². The van der Waals surface area contributed by atoms with Gasteiger partial charge in [-0.3, -0.25) is 4.79 Å². The van der Waals surface area contributed by atoms with E-state index >= 15 is 0 Å². The first-order valence-corrected chi connectivity index (χ1v) is 7.75. The van der Waals surface area contributed by atoms with Gasteiger partial charge in [-0.15, -0.1) is 0 Å². The Kier molecular flexibility index (Phi) is 4.85. The van der Waals surface area contributed by atoms with Gasteiger partial charge in [0.2, 0.25) is 0 Å². The van der Waals surface area contributed by atoms with E-state index in [1.165, 1.54) is 0 Å². The standard InChI is InChI=1S/C15H24F3NO2/c1-11-4-6-14(7-5-11,13(20)21)10-19-8-2-3-12(9-19)15(16,17)18/h11-12H,2-10H2,1H3,(H,20,21). The zero-order chi connectivity index (χ0) is 15.7. The molecule has 2 rings (SSSR count). The molecule has 1 unspecified atom stereocenters. The second-order valence-electron chi connectivity index (χ2n) is 6.88. The highest BCUT2D eigenvalue weighted by Gasteiger charge is 2.46. The normalized spacial score (nSPS) is 35.6. The van der Waals surface area contributed by atoms with Gasteiger partial charge in [0, 0.05) is 13.1 Å². The number of halogens is 3. The zero-order valence-electron chi connectivity index (χ0n) is 12.5. The molecule has 1 saturated heterocycles. The molecule has 1 saturated carbocycles. The number of carbonyl (C=O) groups is 1. The number of nitrogens with zero attached hydrogens (tertiary/aromatic N) is 1. The predicted octanol–water partition coefficient (Wildman–Crippen LogP) is 3.54. The van der Waals surface area contributed by atoms with E-state index in [4.69, 9.17) is 0 Å². The molecule has 0 amide bonds. The van der Waals surface area contributed by atoms with Crippen LogP contribution in [0.5, 0.6) is 0 Å². The lowest BCUT2D eigenvalue weighted by Crippen LogP contribution is -2.50. The molecule has 1 aliphatic heterocycles. The summed E-state index contributed by atoms with van der Waals surface area (Å²) in [5, 5.41) is 9.58. The van der Waals surface area contributed by atoms with Crippen LogP contribution in [0.3, 0.4) is 0 Å². The molecular weight excluding hydrogens is 283 g/mol. The first kappa shape index (κ1) is 16.6. The molecular formula is C15H24F3NO2. The number of carboxylic acid groups (broad SMARTS) is 1. The SMILES string of the molecule is CC1CCC(CN2CCCC(C(F)(F)F)C2)(C(=O)O)CC1. The minimum atomic E-state index is -4.17. The summed E-state index contributed by atoms with van der Waals surface area (Å²) in [6.45, 7) is 2.90. The van der Waals surface area contributed by atoms with Gasteiger partial charge in [0.1, 0.15) is 0 Å². The molecule has 1 N–H and O–H groups in total. The molecule has 0 aromatic carbocycles. The molecule has 1 heterocycles. The van der Waals surface area contributed by atoms with Crippen LogP contribution in [0, 0.1) is 17.3 Å². The molecule has 0 spiro atoms. The number of hydrogen-bond donors (Lipinski definition) is 1. The number of rotatable bonds is 3. The average Bonchev–Trinajstić information content (AvgIpc) is 2.41. The van der Waals surface area contributed by atoms with E-state index in [0.717, 1.165) is 12.8 Å². The van der Waals surface area contributed by atoms with Crippen LogP contribution in [0.1, 0.15) is 45.4 Å². The van der Waals surface area contributed by atoms with Crippen molar-refractivity contribution in [3.05, 3.63) is 0 Å². The third-order valence-corrected chi connectivity index (χ3v) is 5.18. The third kappa shape index (κ3) is 3.90. The number of carboxylic acids is 1. The Hall–Kier alpha value is -0.780. The number of hydrogen-bond acceptors (Lipinski definition) is 2. The van der Waals surface area contributed by atoms with Gasteiger partial charge in [-0.05, 0) is 51.0 Å². The van der Waals surface area contributed by atoms with Crippen molar-refractivity contribution in [2.24, 2.45) is 17.3 Å². The maximum absolute atomic E-state index is 12.9.